The first-order valence-electron chi connectivity index (χ1n) is 19.0. The number of fused-ring (bicyclic) bond motifs is 9. The fourth-order valence-corrected chi connectivity index (χ4v) is 10.3. The Morgan fingerprint density at radius 2 is 1.62 bits per heavy atom. The molecule has 6 aromatic rings. The minimum atomic E-state index is 0.850. The third kappa shape index (κ3) is 5.30. The Morgan fingerprint density at radius 3 is 2.49 bits per heavy atom. The predicted octanol–water partition coefficient (Wildman–Crippen LogP) is 12.5. The summed E-state index contributed by atoms with van der Waals surface area (Å²) < 4.78 is 1.36. The second-order valence-electron chi connectivity index (χ2n) is 14.9. The molecular weight excluding hydrogens is 659 g/mol. The van der Waals surface area contributed by atoms with Gasteiger partial charge in [0.05, 0.1) is 0 Å². The van der Waals surface area contributed by atoms with Gasteiger partial charge in [-0.3, -0.25) is 0 Å². The van der Waals surface area contributed by atoms with Crippen molar-refractivity contribution in [1.29, 1.82) is 0 Å². The van der Waals surface area contributed by atoms with Crippen LogP contribution in [0.5, 0.6) is 0 Å². The van der Waals surface area contributed by atoms with Crippen LogP contribution in [0.15, 0.2) is 150 Å². The Morgan fingerprint density at radius 1 is 0.811 bits per heavy atom. The van der Waals surface area contributed by atoms with Crippen LogP contribution >= 0.6 is 11.3 Å². The predicted molar refractivity (Wildman–Crippen MR) is 232 cm³/mol. The lowest BCUT2D eigenvalue weighted by atomic mass is 9.56. The molecule has 0 bridgehead atoms. The molecule has 0 fully saturated rings. The maximum atomic E-state index is 4.04. The van der Waals surface area contributed by atoms with Crippen LogP contribution in [0.4, 0.5) is 17.1 Å². The number of aryl methyl sites for hydroxylation is 1. The number of anilines is 3. The molecule has 10 rings (SSSR count). The number of nitrogens with zero attached hydrogens (tertiary/aromatic N) is 1. The first kappa shape index (κ1) is 32.1. The molecule has 1 N–H and O–H groups in total. The monoisotopic (exact) mass is 700 g/mol. The summed E-state index contributed by atoms with van der Waals surface area (Å²) in [7, 11) is 0.850. The van der Waals surface area contributed by atoms with Crippen LogP contribution in [-0.4, -0.2) is 7.28 Å². The van der Waals surface area contributed by atoms with E-state index in [0.29, 0.717) is 0 Å². The molecule has 4 aliphatic rings. The molecule has 1 aromatic heterocycles. The summed E-state index contributed by atoms with van der Waals surface area (Å²) in [4.78, 5) is 4.11. The van der Waals surface area contributed by atoms with E-state index in [9.17, 15) is 0 Å². The van der Waals surface area contributed by atoms with E-state index in [-0.39, 0.29) is 0 Å². The molecule has 0 saturated heterocycles. The summed E-state index contributed by atoms with van der Waals surface area (Å²) in [5.74, 6) is 0. The molecule has 3 aliphatic carbocycles. The van der Waals surface area contributed by atoms with E-state index in [1.54, 1.807) is 0 Å². The van der Waals surface area contributed by atoms with Crippen LogP contribution in [-0.2, 0) is 12.8 Å². The highest BCUT2D eigenvalue weighted by Gasteiger charge is 2.35. The van der Waals surface area contributed by atoms with E-state index in [1.165, 1.54) is 98.3 Å². The zero-order valence-electron chi connectivity index (χ0n) is 30.4. The molecule has 1 aliphatic heterocycles. The normalized spacial score (nSPS) is 15.9. The number of benzene rings is 5. The highest BCUT2D eigenvalue weighted by Crippen LogP contribution is 2.48. The van der Waals surface area contributed by atoms with Crippen molar-refractivity contribution >= 4 is 68.1 Å². The number of hydrogen-bond donors (Lipinski definition) is 1. The Balaban J connectivity index is 1.24. The Bertz CT molecular complexity index is 2700. The highest BCUT2D eigenvalue weighted by molar-refractivity contribution is 7.19. The lowest BCUT2D eigenvalue weighted by Gasteiger charge is -2.39. The third-order valence-electron chi connectivity index (χ3n) is 11.7. The smallest absolute Gasteiger partial charge is 0.198 e. The summed E-state index contributed by atoms with van der Waals surface area (Å²) in [5, 5.41) is 7.81. The molecule has 0 saturated carbocycles. The van der Waals surface area contributed by atoms with Gasteiger partial charge >= 0.3 is 0 Å². The first-order chi connectivity index (χ1) is 26.1. The van der Waals surface area contributed by atoms with E-state index < -0.39 is 0 Å². The van der Waals surface area contributed by atoms with Crippen LogP contribution in [0, 0.1) is 0 Å². The second-order valence-corrected chi connectivity index (χ2v) is 16.0. The number of thiophene rings is 1. The first-order valence-corrected chi connectivity index (χ1v) is 19.8. The van der Waals surface area contributed by atoms with Gasteiger partial charge in [-0.15, -0.1) is 11.3 Å². The average Bonchev–Trinajstić information content (AvgIpc) is 3.75. The van der Waals surface area contributed by atoms with Gasteiger partial charge in [-0.1, -0.05) is 97.0 Å². The van der Waals surface area contributed by atoms with Gasteiger partial charge in [0.2, 0.25) is 0 Å². The van der Waals surface area contributed by atoms with Gasteiger partial charge in [-0.2, -0.15) is 0 Å². The summed E-state index contributed by atoms with van der Waals surface area (Å²) in [6, 6.07) is 32.1. The standard InChI is InChI=1S/C49H41BN2S/c1-4-5-20-43-31(3)52(45-21-12-6-14-30(45)2)49-42-26-34-17-9-10-18-36(34)38(42)29-41(48(49)50-43)39-25-32-15-7-8-16-33(32)27-44(39)51-35-23-24-47-40(28-35)37-19-11-13-22-46(37)53-47/h4-5,7-12,15-21,23-25,27-29,50-51H,1,6,13-14,22,26H2,2-3H3/b20-5-. The molecule has 0 unspecified atom stereocenters. The topological polar surface area (TPSA) is 15.3 Å². The molecule has 0 radical (unpaired) electrons. The fraction of sp³-hybridized carbons (Fsp3) is 0.143. The number of allylic oxidation sites excluding steroid dienone is 9. The second kappa shape index (κ2) is 12.8. The van der Waals surface area contributed by atoms with E-state index >= 15 is 0 Å². The fourth-order valence-electron chi connectivity index (χ4n) is 9.07. The van der Waals surface area contributed by atoms with Crippen molar-refractivity contribution in [3.63, 3.8) is 0 Å². The van der Waals surface area contributed by atoms with Crippen LogP contribution in [0.1, 0.15) is 54.7 Å². The maximum Gasteiger partial charge on any atom is 0.198 e. The zero-order valence-corrected chi connectivity index (χ0v) is 31.2. The van der Waals surface area contributed by atoms with E-state index in [0.717, 1.165) is 50.8 Å². The van der Waals surface area contributed by atoms with E-state index in [2.05, 4.69) is 152 Å². The van der Waals surface area contributed by atoms with E-state index in [1.807, 2.05) is 17.4 Å². The number of rotatable bonds is 6. The summed E-state index contributed by atoms with van der Waals surface area (Å²) in [6.45, 7) is 8.67. The van der Waals surface area contributed by atoms with Crippen molar-refractivity contribution < 1.29 is 0 Å². The molecule has 5 aromatic carbocycles. The maximum absolute atomic E-state index is 4.04. The quantitative estimate of drug-likeness (QED) is 0.137. The van der Waals surface area contributed by atoms with Gasteiger partial charge in [0.15, 0.2) is 7.28 Å². The Kier molecular flexibility index (Phi) is 7.77. The minimum Gasteiger partial charge on any atom is -0.355 e. The number of nitrogens with one attached hydrogen (secondary N) is 1. The molecule has 0 spiro atoms. The zero-order chi connectivity index (χ0) is 35.6. The largest absolute Gasteiger partial charge is 0.355 e. The molecule has 0 atom stereocenters. The molecule has 0 amide bonds. The van der Waals surface area contributed by atoms with Crippen LogP contribution in [0.2, 0.25) is 0 Å². The van der Waals surface area contributed by atoms with Gasteiger partial charge in [-0.25, -0.2) is 0 Å². The minimum absolute atomic E-state index is 0.850. The molecule has 2 heterocycles. The van der Waals surface area contributed by atoms with E-state index in [4.69, 9.17) is 0 Å². The molecule has 256 valence electrons. The molecule has 2 nitrogen and oxygen atoms in total. The molecule has 53 heavy (non-hydrogen) atoms. The lowest BCUT2D eigenvalue weighted by molar-refractivity contribution is 0.908. The van der Waals surface area contributed by atoms with Crippen LogP contribution in [0.25, 0.3) is 49.2 Å². The Labute approximate surface area is 317 Å². The SMILES string of the molecule is C=C/C=C\C1=C(C)N(C2=C(C)CCC=C2)c2c(c(-c3cc4ccccc4cc3Nc3ccc4sc5c(c4c3)C=CCC5)cc3c2Cc2ccccc2-3)B1. The third-order valence-corrected chi connectivity index (χ3v) is 13.0. The van der Waals surface area contributed by atoms with Crippen molar-refractivity contribution in [2.45, 2.75) is 46.0 Å². The van der Waals surface area contributed by atoms with Crippen molar-refractivity contribution in [2.75, 3.05) is 10.2 Å². The van der Waals surface area contributed by atoms with Gasteiger partial charge in [0.1, 0.15) is 0 Å². The van der Waals surface area contributed by atoms with Gasteiger partial charge in [0.25, 0.3) is 0 Å². The molecule has 4 heteroatoms. The summed E-state index contributed by atoms with van der Waals surface area (Å²) >= 11 is 1.95. The van der Waals surface area contributed by atoms with Gasteiger partial charge in [-0.05, 0) is 137 Å². The summed E-state index contributed by atoms with van der Waals surface area (Å²) in [5.41, 5.74) is 19.8. The number of hydrogen-bond acceptors (Lipinski definition) is 3. The van der Waals surface area contributed by atoms with Crippen LogP contribution in [0.3, 0.4) is 0 Å². The Hall–Kier alpha value is -5.58. The summed E-state index contributed by atoms with van der Waals surface area (Å²) in [6.07, 6.45) is 21.0. The van der Waals surface area contributed by atoms with Crippen LogP contribution < -0.4 is 15.7 Å². The van der Waals surface area contributed by atoms with Crippen molar-refractivity contribution in [1.82, 2.24) is 0 Å². The van der Waals surface area contributed by atoms with Crippen molar-refractivity contribution in [3.05, 3.63) is 172 Å². The van der Waals surface area contributed by atoms with Gasteiger partial charge < -0.3 is 10.2 Å². The highest BCUT2D eigenvalue weighted by atomic mass is 32.1. The van der Waals surface area contributed by atoms with Crippen molar-refractivity contribution in [3.8, 4) is 22.3 Å². The van der Waals surface area contributed by atoms with Crippen molar-refractivity contribution in [2.24, 2.45) is 0 Å². The lowest BCUT2D eigenvalue weighted by Crippen LogP contribution is -2.38. The van der Waals surface area contributed by atoms with Gasteiger partial charge in [0, 0.05) is 55.4 Å². The molecular formula is C49H41BN2S. The average molecular weight is 701 g/mol.